The number of hydrogen-bond acceptors (Lipinski definition) is 6. The highest BCUT2D eigenvalue weighted by Gasteiger charge is 2.17. The van der Waals surface area contributed by atoms with Crippen molar-refractivity contribution >= 4 is 22.6 Å². The maximum atomic E-state index is 11.6. The monoisotopic (exact) mass is 435 g/mol. The van der Waals surface area contributed by atoms with Crippen LogP contribution < -0.4 is 11.5 Å². The molecule has 0 fully saturated rings. The minimum Gasteiger partial charge on any atom is -0.382 e. The van der Waals surface area contributed by atoms with Gasteiger partial charge in [0.05, 0.1) is 23.0 Å². The highest BCUT2D eigenvalue weighted by atomic mass is 16.1. The van der Waals surface area contributed by atoms with Crippen LogP contribution in [0.25, 0.3) is 39.0 Å². The molecular weight excluding hydrogens is 414 g/mol. The van der Waals surface area contributed by atoms with E-state index in [0.717, 1.165) is 44.5 Å². The average Bonchev–Trinajstić information content (AvgIpc) is 3.30. The number of rotatable bonds is 4. The van der Waals surface area contributed by atoms with Gasteiger partial charge < -0.3 is 11.5 Å². The lowest BCUT2D eigenvalue weighted by Gasteiger charge is -2.15. The molecule has 0 saturated carbocycles. The number of benzene rings is 2. The van der Waals surface area contributed by atoms with Crippen LogP contribution in [0.4, 0.5) is 5.82 Å². The third kappa shape index (κ3) is 3.67. The second kappa shape index (κ2) is 7.83. The van der Waals surface area contributed by atoms with Gasteiger partial charge in [0, 0.05) is 28.4 Å². The molecule has 162 valence electrons. The minimum absolute atomic E-state index is 0.286. The largest absolute Gasteiger partial charge is 0.382 e. The lowest BCUT2D eigenvalue weighted by atomic mass is 9.96. The van der Waals surface area contributed by atoms with Gasteiger partial charge in [-0.3, -0.25) is 4.79 Å². The first-order valence-corrected chi connectivity index (χ1v) is 10.3. The van der Waals surface area contributed by atoms with Crippen molar-refractivity contribution in [3.63, 3.8) is 0 Å². The van der Waals surface area contributed by atoms with Crippen molar-refractivity contribution in [2.24, 2.45) is 5.73 Å². The van der Waals surface area contributed by atoms with Gasteiger partial charge in [-0.15, -0.1) is 0 Å². The van der Waals surface area contributed by atoms with Gasteiger partial charge in [-0.2, -0.15) is 5.10 Å². The van der Waals surface area contributed by atoms with E-state index in [-0.39, 0.29) is 11.4 Å². The van der Waals surface area contributed by atoms with Crippen molar-refractivity contribution in [3.8, 4) is 28.1 Å². The Balaban J connectivity index is 1.76. The second-order valence-electron chi connectivity index (χ2n) is 7.88. The van der Waals surface area contributed by atoms with Crippen LogP contribution in [0.2, 0.25) is 0 Å². The van der Waals surface area contributed by atoms with Crippen molar-refractivity contribution < 1.29 is 4.79 Å². The smallest absolute Gasteiger partial charge is 0.251 e. The molecule has 0 aliphatic carbocycles. The summed E-state index contributed by atoms with van der Waals surface area (Å²) in [6.45, 7) is 3.99. The van der Waals surface area contributed by atoms with Crippen LogP contribution in [0.15, 0.2) is 67.3 Å². The first kappa shape index (κ1) is 20.3. The van der Waals surface area contributed by atoms with Crippen LogP contribution in [-0.2, 0) is 0 Å². The number of carbonyl (C=O) groups excluding carboxylic acids is 1. The van der Waals surface area contributed by atoms with Gasteiger partial charge in [-0.1, -0.05) is 35.9 Å². The summed E-state index contributed by atoms with van der Waals surface area (Å²) in [4.78, 5) is 25.0. The standard InChI is InChI=1S/C25H21N7O/c1-14-3-5-16(6-4-14)23-20(17-7-8-21-19(9-17)15(2)28-13-29-21)10-22(24(26)31-23)32-12-18(11-30-32)25(27)33/h3-13H,1-2H3,(H2,26,31)(H2,27,33). The number of nitrogens with zero attached hydrogens (tertiary/aromatic N) is 5. The summed E-state index contributed by atoms with van der Waals surface area (Å²) in [5, 5.41) is 5.21. The van der Waals surface area contributed by atoms with Gasteiger partial charge in [0.15, 0.2) is 0 Å². The van der Waals surface area contributed by atoms with Crippen LogP contribution in [-0.4, -0.2) is 30.6 Å². The number of nitrogen functional groups attached to an aromatic ring is 1. The summed E-state index contributed by atoms with van der Waals surface area (Å²) < 4.78 is 1.51. The predicted octanol–water partition coefficient (Wildman–Crippen LogP) is 3.84. The Bertz CT molecular complexity index is 1520. The fourth-order valence-electron chi connectivity index (χ4n) is 3.79. The SMILES string of the molecule is Cc1ccc(-c2nc(N)c(-n3cc(C(N)=O)cn3)cc2-c2ccc3ncnc(C)c3c2)cc1. The van der Waals surface area contributed by atoms with Crippen LogP contribution in [0, 0.1) is 13.8 Å². The van der Waals surface area contributed by atoms with Gasteiger partial charge in [-0.25, -0.2) is 19.6 Å². The van der Waals surface area contributed by atoms with Crippen LogP contribution in [0.5, 0.6) is 0 Å². The topological polar surface area (TPSA) is 126 Å². The van der Waals surface area contributed by atoms with E-state index in [1.54, 1.807) is 12.5 Å². The first-order valence-electron chi connectivity index (χ1n) is 10.3. The quantitative estimate of drug-likeness (QED) is 0.442. The maximum Gasteiger partial charge on any atom is 0.251 e. The highest BCUT2D eigenvalue weighted by molar-refractivity contribution is 5.93. The van der Waals surface area contributed by atoms with Gasteiger partial charge in [0.25, 0.3) is 5.91 Å². The third-order valence-corrected chi connectivity index (χ3v) is 5.62. The third-order valence-electron chi connectivity index (χ3n) is 5.62. The van der Waals surface area contributed by atoms with Crippen molar-refractivity contribution in [2.75, 3.05) is 5.73 Å². The molecule has 5 aromatic rings. The maximum absolute atomic E-state index is 11.6. The Kier molecular flexibility index (Phi) is 4.82. The van der Waals surface area contributed by atoms with Crippen LogP contribution in [0.3, 0.4) is 0 Å². The lowest BCUT2D eigenvalue weighted by molar-refractivity contribution is 0.100. The normalized spacial score (nSPS) is 11.1. The summed E-state index contributed by atoms with van der Waals surface area (Å²) in [7, 11) is 0. The van der Waals surface area contributed by atoms with E-state index in [1.807, 2.05) is 56.3 Å². The van der Waals surface area contributed by atoms with E-state index in [1.165, 1.54) is 10.9 Å². The molecular formula is C25H21N7O. The molecule has 0 atom stereocenters. The number of hydrogen-bond donors (Lipinski definition) is 2. The first-order chi connectivity index (χ1) is 15.9. The summed E-state index contributed by atoms with van der Waals surface area (Å²) >= 11 is 0. The number of amides is 1. The second-order valence-corrected chi connectivity index (χ2v) is 7.88. The zero-order valence-electron chi connectivity index (χ0n) is 18.1. The predicted molar refractivity (Wildman–Crippen MR) is 128 cm³/mol. The van der Waals surface area contributed by atoms with Crippen LogP contribution in [0.1, 0.15) is 21.6 Å². The molecule has 33 heavy (non-hydrogen) atoms. The van der Waals surface area contributed by atoms with E-state index in [0.29, 0.717) is 5.69 Å². The zero-order valence-corrected chi connectivity index (χ0v) is 18.1. The molecule has 0 bridgehead atoms. The molecule has 8 heteroatoms. The molecule has 4 N–H and O–H groups in total. The van der Waals surface area contributed by atoms with Gasteiger partial charge in [0.2, 0.25) is 0 Å². The van der Waals surface area contributed by atoms with Gasteiger partial charge in [0.1, 0.15) is 17.8 Å². The Hall–Kier alpha value is -4.59. The Morgan fingerprint density at radius 3 is 2.45 bits per heavy atom. The van der Waals surface area contributed by atoms with E-state index >= 15 is 0 Å². The average molecular weight is 435 g/mol. The number of fused-ring (bicyclic) bond motifs is 1. The molecule has 0 aliphatic rings. The number of primary amides is 1. The van der Waals surface area contributed by atoms with E-state index in [2.05, 4.69) is 21.1 Å². The van der Waals surface area contributed by atoms with Gasteiger partial charge >= 0.3 is 0 Å². The Morgan fingerprint density at radius 1 is 0.970 bits per heavy atom. The number of nitrogens with two attached hydrogens (primary N) is 2. The highest BCUT2D eigenvalue weighted by Crippen LogP contribution is 2.36. The lowest BCUT2D eigenvalue weighted by Crippen LogP contribution is -2.10. The van der Waals surface area contributed by atoms with E-state index in [9.17, 15) is 4.79 Å². The molecule has 3 heterocycles. The van der Waals surface area contributed by atoms with Crippen molar-refractivity contribution in [1.82, 2.24) is 24.7 Å². The fraction of sp³-hybridized carbons (Fsp3) is 0.0800. The molecule has 1 amide bonds. The number of aryl methyl sites for hydroxylation is 2. The number of aromatic nitrogens is 5. The molecule has 5 rings (SSSR count). The summed E-state index contributed by atoms with van der Waals surface area (Å²) in [6.07, 6.45) is 4.52. The van der Waals surface area contributed by atoms with Crippen molar-refractivity contribution in [2.45, 2.75) is 13.8 Å². The number of carbonyl (C=O) groups is 1. The number of anilines is 1. The number of pyridine rings is 1. The molecule has 0 saturated heterocycles. The van der Waals surface area contributed by atoms with Crippen molar-refractivity contribution in [3.05, 3.63) is 84.1 Å². The van der Waals surface area contributed by atoms with E-state index < -0.39 is 5.91 Å². The molecule has 0 spiro atoms. The van der Waals surface area contributed by atoms with E-state index in [4.69, 9.17) is 16.5 Å². The molecule has 8 nitrogen and oxygen atoms in total. The van der Waals surface area contributed by atoms with Crippen molar-refractivity contribution in [1.29, 1.82) is 0 Å². The fourth-order valence-corrected chi connectivity index (χ4v) is 3.79. The molecule has 0 radical (unpaired) electrons. The Morgan fingerprint density at radius 2 is 1.73 bits per heavy atom. The van der Waals surface area contributed by atoms with Crippen LogP contribution >= 0.6 is 0 Å². The molecule has 2 aromatic carbocycles. The summed E-state index contributed by atoms with van der Waals surface area (Å²) in [6, 6.07) is 16.1. The van der Waals surface area contributed by atoms with Gasteiger partial charge in [-0.05, 0) is 37.6 Å². The Labute approximate surface area is 189 Å². The zero-order chi connectivity index (χ0) is 23.1. The molecule has 0 aliphatic heterocycles. The molecule has 0 unspecified atom stereocenters. The summed E-state index contributed by atoms with van der Waals surface area (Å²) in [5.41, 5.74) is 19.0. The minimum atomic E-state index is -0.561. The summed E-state index contributed by atoms with van der Waals surface area (Å²) in [5.74, 6) is -0.275. The molecule has 3 aromatic heterocycles.